The molecule has 2 aromatic carbocycles. The molecule has 4 rings (SSSR count). The van der Waals surface area contributed by atoms with Crippen LogP contribution in [0.1, 0.15) is 21.6 Å². The first kappa shape index (κ1) is 17.3. The van der Waals surface area contributed by atoms with Crippen LogP contribution in [0.4, 0.5) is 9.52 Å². The monoisotopic (exact) mass is 377 g/mol. The van der Waals surface area contributed by atoms with Crippen LogP contribution in [0.5, 0.6) is 0 Å². The van der Waals surface area contributed by atoms with Crippen molar-refractivity contribution in [1.82, 2.24) is 9.97 Å². The predicted octanol–water partition coefficient (Wildman–Crippen LogP) is 4.99. The number of nitrogens with zero attached hydrogens (tertiary/aromatic N) is 3. The van der Waals surface area contributed by atoms with E-state index in [2.05, 4.69) is 9.97 Å². The number of thiazole rings is 1. The zero-order chi connectivity index (χ0) is 18.8. The minimum atomic E-state index is -0.393. The van der Waals surface area contributed by atoms with E-state index in [0.29, 0.717) is 15.4 Å². The maximum absolute atomic E-state index is 14.1. The van der Waals surface area contributed by atoms with Crippen LogP contribution in [0.2, 0.25) is 0 Å². The molecule has 0 aliphatic heterocycles. The van der Waals surface area contributed by atoms with Crippen LogP contribution in [0, 0.1) is 12.7 Å². The normalized spacial score (nSPS) is 10.9. The molecular formula is C21H16FN3OS. The van der Waals surface area contributed by atoms with Gasteiger partial charge in [0, 0.05) is 11.8 Å². The van der Waals surface area contributed by atoms with Crippen LogP contribution in [0.15, 0.2) is 66.9 Å². The molecule has 4 nitrogen and oxygen atoms in total. The van der Waals surface area contributed by atoms with Gasteiger partial charge >= 0.3 is 0 Å². The summed E-state index contributed by atoms with van der Waals surface area (Å²) >= 11 is 1.29. The highest BCUT2D eigenvalue weighted by atomic mass is 32.1. The van der Waals surface area contributed by atoms with Gasteiger partial charge in [-0.05, 0) is 43.3 Å². The number of aryl methyl sites for hydroxylation is 1. The minimum absolute atomic E-state index is 0.194. The molecule has 0 bridgehead atoms. The molecule has 4 aromatic rings. The number of para-hydroxylation sites is 1. The third-order valence-corrected chi connectivity index (χ3v) is 5.22. The van der Waals surface area contributed by atoms with E-state index in [4.69, 9.17) is 0 Å². The van der Waals surface area contributed by atoms with Gasteiger partial charge in [-0.15, -0.1) is 0 Å². The molecule has 6 heteroatoms. The summed E-state index contributed by atoms with van der Waals surface area (Å²) in [5.74, 6) is -0.587. The summed E-state index contributed by atoms with van der Waals surface area (Å²) in [5.41, 5.74) is 2.64. The molecule has 0 aliphatic carbocycles. The zero-order valence-corrected chi connectivity index (χ0v) is 15.4. The number of carbonyl (C=O) groups excluding carboxylic acids is 1. The van der Waals surface area contributed by atoms with Gasteiger partial charge in [0.05, 0.1) is 16.9 Å². The highest BCUT2D eigenvalue weighted by Crippen LogP contribution is 2.31. The summed E-state index contributed by atoms with van der Waals surface area (Å²) in [7, 11) is 0. The van der Waals surface area contributed by atoms with Crippen molar-refractivity contribution in [1.29, 1.82) is 0 Å². The Morgan fingerprint density at radius 1 is 1.07 bits per heavy atom. The lowest BCUT2D eigenvalue weighted by atomic mass is 10.1. The van der Waals surface area contributed by atoms with Gasteiger partial charge in [0.2, 0.25) is 0 Å². The lowest BCUT2D eigenvalue weighted by Crippen LogP contribution is -2.30. The van der Waals surface area contributed by atoms with Crippen LogP contribution >= 0.6 is 11.3 Å². The van der Waals surface area contributed by atoms with Crippen molar-refractivity contribution in [2.24, 2.45) is 0 Å². The molecule has 2 aromatic heterocycles. The Morgan fingerprint density at radius 2 is 1.89 bits per heavy atom. The molecule has 2 heterocycles. The highest BCUT2D eigenvalue weighted by molar-refractivity contribution is 7.22. The summed E-state index contributed by atoms with van der Waals surface area (Å²) in [4.78, 5) is 23.5. The number of halogens is 1. The third-order valence-electron chi connectivity index (χ3n) is 4.18. The first-order chi connectivity index (χ1) is 13.1. The quantitative estimate of drug-likeness (QED) is 0.504. The Labute approximate surface area is 159 Å². The molecule has 1 amide bonds. The van der Waals surface area contributed by atoms with E-state index in [-0.39, 0.29) is 18.0 Å². The van der Waals surface area contributed by atoms with Gasteiger partial charge in [-0.1, -0.05) is 41.2 Å². The Kier molecular flexibility index (Phi) is 4.64. The number of carbonyl (C=O) groups is 1. The van der Waals surface area contributed by atoms with Gasteiger partial charge in [-0.25, -0.2) is 9.37 Å². The Morgan fingerprint density at radius 3 is 2.59 bits per heavy atom. The number of fused-ring (bicyclic) bond motifs is 1. The van der Waals surface area contributed by atoms with Crippen LogP contribution in [0.25, 0.3) is 10.2 Å². The number of benzene rings is 2. The molecule has 0 radical (unpaired) electrons. The third kappa shape index (κ3) is 3.57. The van der Waals surface area contributed by atoms with Crippen molar-refractivity contribution < 1.29 is 9.18 Å². The number of anilines is 1. The van der Waals surface area contributed by atoms with E-state index in [9.17, 15) is 9.18 Å². The van der Waals surface area contributed by atoms with Crippen LogP contribution in [-0.2, 0) is 6.54 Å². The second-order valence-electron chi connectivity index (χ2n) is 6.16. The van der Waals surface area contributed by atoms with Gasteiger partial charge < -0.3 is 0 Å². The molecular weight excluding hydrogens is 361 g/mol. The first-order valence-corrected chi connectivity index (χ1v) is 9.27. The van der Waals surface area contributed by atoms with Gasteiger partial charge in [0.1, 0.15) is 11.3 Å². The van der Waals surface area contributed by atoms with E-state index in [1.807, 2.05) is 37.3 Å². The Bertz CT molecular complexity index is 1090. The van der Waals surface area contributed by atoms with Gasteiger partial charge in [-0.3, -0.25) is 14.7 Å². The van der Waals surface area contributed by atoms with E-state index in [1.54, 1.807) is 35.4 Å². The Balaban J connectivity index is 1.78. The zero-order valence-electron chi connectivity index (χ0n) is 14.6. The molecule has 0 spiro atoms. The van der Waals surface area contributed by atoms with Crippen molar-refractivity contribution >= 4 is 32.6 Å². The predicted molar refractivity (Wildman–Crippen MR) is 106 cm³/mol. The molecule has 0 unspecified atom stereocenters. The van der Waals surface area contributed by atoms with E-state index < -0.39 is 5.82 Å². The maximum Gasteiger partial charge on any atom is 0.260 e. The summed E-state index contributed by atoms with van der Waals surface area (Å²) in [6.07, 6.45) is 1.68. The average molecular weight is 377 g/mol. The number of hydrogen-bond acceptors (Lipinski definition) is 4. The molecule has 0 saturated heterocycles. The first-order valence-electron chi connectivity index (χ1n) is 8.45. The number of pyridine rings is 1. The fourth-order valence-corrected chi connectivity index (χ4v) is 3.73. The fraction of sp³-hybridized carbons (Fsp3) is 0.0952. The van der Waals surface area contributed by atoms with Gasteiger partial charge in [0.15, 0.2) is 5.13 Å². The SMILES string of the molecule is Cc1ccc(C(=O)N(Cc2ccccn2)c2nc3c(F)cccc3s2)cc1. The summed E-state index contributed by atoms with van der Waals surface area (Å²) in [6, 6.07) is 17.7. The van der Waals surface area contributed by atoms with Crippen molar-refractivity contribution in [2.75, 3.05) is 4.90 Å². The maximum atomic E-state index is 14.1. The van der Waals surface area contributed by atoms with Crippen molar-refractivity contribution in [3.05, 3.63) is 89.5 Å². The molecule has 0 aliphatic rings. The Hall–Kier alpha value is -3.12. The number of aromatic nitrogens is 2. The van der Waals surface area contributed by atoms with E-state index >= 15 is 0 Å². The van der Waals surface area contributed by atoms with E-state index in [1.165, 1.54) is 17.4 Å². The highest BCUT2D eigenvalue weighted by Gasteiger charge is 2.22. The average Bonchev–Trinajstić information content (AvgIpc) is 3.12. The minimum Gasteiger partial charge on any atom is -0.278 e. The lowest BCUT2D eigenvalue weighted by molar-refractivity contribution is 0.0985. The number of hydrogen-bond donors (Lipinski definition) is 0. The van der Waals surface area contributed by atoms with Crippen molar-refractivity contribution in [3.8, 4) is 0 Å². The van der Waals surface area contributed by atoms with Gasteiger partial charge in [0.25, 0.3) is 5.91 Å². The number of rotatable bonds is 4. The molecule has 27 heavy (non-hydrogen) atoms. The second-order valence-corrected chi connectivity index (χ2v) is 7.17. The smallest absolute Gasteiger partial charge is 0.260 e. The molecule has 0 atom stereocenters. The van der Waals surface area contributed by atoms with Crippen LogP contribution < -0.4 is 4.90 Å². The van der Waals surface area contributed by atoms with E-state index in [0.717, 1.165) is 11.3 Å². The van der Waals surface area contributed by atoms with Crippen LogP contribution in [0.3, 0.4) is 0 Å². The molecule has 0 fully saturated rings. The van der Waals surface area contributed by atoms with Crippen molar-refractivity contribution in [2.45, 2.75) is 13.5 Å². The summed E-state index contributed by atoms with van der Waals surface area (Å²) in [5, 5.41) is 0.450. The topological polar surface area (TPSA) is 46.1 Å². The van der Waals surface area contributed by atoms with Crippen LogP contribution in [-0.4, -0.2) is 15.9 Å². The lowest BCUT2D eigenvalue weighted by Gasteiger charge is -2.19. The largest absolute Gasteiger partial charge is 0.278 e. The molecule has 0 N–H and O–H groups in total. The molecule has 134 valence electrons. The second kappa shape index (κ2) is 7.25. The van der Waals surface area contributed by atoms with Gasteiger partial charge in [-0.2, -0.15) is 0 Å². The fourth-order valence-electron chi connectivity index (χ4n) is 2.75. The summed E-state index contributed by atoms with van der Waals surface area (Å²) < 4.78 is 14.8. The summed E-state index contributed by atoms with van der Waals surface area (Å²) in [6.45, 7) is 2.23. The number of amides is 1. The standard InChI is InChI=1S/C21H16FN3OS/c1-14-8-10-15(11-9-14)20(26)25(13-16-5-2-3-12-23-16)21-24-19-17(22)6-4-7-18(19)27-21/h2-12H,13H2,1H3. The van der Waals surface area contributed by atoms with Crippen molar-refractivity contribution in [3.63, 3.8) is 0 Å². The molecule has 0 saturated carbocycles.